The standard InChI is InChI=1S/C23H21N3O5/c27-20(25-11-13-26(14-12-25)23(29)19-7-3-15-30-19)16-31-21(28)9-8-18-5-1-4-17-6-2-10-24-22(17)18/h1-10,15H,11-14,16H2/b9-8+. The fourth-order valence-corrected chi connectivity index (χ4v) is 3.41. The van der Waals surface area contributed by atoms with Crippen LogP contribution in [-0.4, -0.2) is 65.4 Å². The molecule has 0 aliphatic carbocycles. The number of esters is 1. The number of fused-ring (bicyclic) bond motifs is 1. The fourth-order valence-electron chi connectivity index (χ4n) is 3.41. The summed E-state index contributed by atoms with van der Waals surface area (Å²) in [4.78, 5) is 44.2. The summed E-state index contributed by atoms with van der Waals surface area (Å²) in [6.07, 6.45) is 6.06. The maximum Gasteiger partial charge on any atom is 0.331 e. The zero-order chi connectivity index (χ0) is 21.6. The molecule has 0 atom stereocenters. The third-order valence-electron chi connectivity index (χ3n) is 5.05. The first-order chi connectivity index (χ1) is 15.1. The molecule has 0 N–H and O–H groups in total. The molecule has 1 fully saturated rings. The van der Waals surface area contributed by atoms with Crippen molar-refractivity contribution < 1.29 is 23.5 Å². The Balaban J connectivity index is 1.26. The van der Waals surface area contributed by atoms with Crippen LogP contribution in [0, 0.1) is 0 Å². The van der Waals surface area contributed by atoms with Crippen LogP contribution in [0.1, 0.15) is 16.1 Å². The van der Waals surface area contributed by atoms with E-state index in [2.05, 4.69) is 4.98 Å². The number of hydrogen-bond donors (Lipinski definition) is 0. The Hall–Kier alpha value is -3.94. The number of carbonyl (C=O) groups excluding carboxylic acids is 3. The summed E-state index contributed by atoms with van der Waals surface area (Å²) < 4.78 is 10.2. The normalized spacial score (nSPS) is 14.2. The molecule has 8 heteroatoms. The summed E-state index contributed by atoms with van der Waals surface area (Å²) >= 11 is 0. The molecule has 3 aromatic rings. The molecule has 1 aliphatic rings. The molecule has 0 unspecified atom stereocenters. The molecule has 2 aromatic heterocycles. The highest BCUT2D eigenvalue weighted by molar-refractivity contribution is 5.94. The van der Waals surface area contributed by atoms with Gasteiger partial charge in [0.1, 0.15) is 0 Å². The molecule has 4 rings (SSSR count). The Morgan fingerprint density at radius 2 is 1.77 bits per heavy atom. The van der Waals surface area contributed by atoms with E-state index in [1.165, 1.54) is 12.3 Å². The van der Waals surface area contributed by atoms with Crippen molar-refractivity contribution in [3.63, 3.8) is 0 Å². The summed E-state index contributed by atoms with van der Waals surface area (Å²) in [6.45, 7) is 1.20. The fraction of sp³-hybridized carbons (Fsp3) is 0.217. The Kier molecular flexibility index (Phi) is 6.07. The summed E-state index contributed by atoms with van der Waals surface area (Å²) in [6, 6.07) is 12.7. The number of aromatic nitrogens is 1. The lowest BCUT2D eigenvalue weighted by Crippen LogP contribution is -2.51. The van der Waals surface area contributed by atoms with Crippen molar-refractivity contribution in [2.75, 3.05) is 32.8 Å². The van der Waals surface area contributed by atoms with Gasteiger partial charge in [0, 0.05) is 49.4 Å². The van der Waals surface area contributed by atoms with E-state index < -0.39 is 5.97 Å². The lowest BCUT2D eigenvalue weighted by atomic mass is 10.1. The van der Waals surface area contributed by atoms with Gasteiger partial charge in [0.2, 0.25) is 0 Å². The first kappa shape index (κ1) is 20.3. The number of piperazine rings is 1. The molecular formula is C23H21N3O5. The van der Waals surface area contributed by atoms with E-state index in [4.69, 9.17) is 9.15 Å². The van der Waals surface area contributed by atoms with Gasteiger partial charge in [-0.2, -0.15) is 0 Å². The molecule has 0 spiro atoms. The van der Waals surface area contributed by atoms with E-state index in [0.29, 0.717) is 26.2 Å². The Morgan fingerprint density at radius 1 is 1.00 bits per heavy atom. The second-order valence-corrected chi connectivity index (χ2v) is 7.01. The minimum absolute atomic E-state index is 0.198. The Morgan fingerprint density at radius 3 is 2.55 bits per heavy atom. The number of carbonyl (C=O) groups is 3. The van der Waals surface area contributed by atoms with Crippen LogP contribution in [0.4, 0.5) is 0 Å². The van der Waals surface area contributed by atoms with E-state index in [9.17, 15) is 14.4 Å². The first-order valence-corrected chi connectivity index (χ1v) is 9.91. The highest BCUT2D eigenvalue weighted by Gasteiger charge is 2.26. The molecule has 0 bridgehead atoms. The highest BCUT2D eigenvalue weighted by atomic mass is 16.5. The molecule has 158 valence electrons. The number of hydrogen-bond acceptors (Lipinski definition) is 6. The molecule has 1 saturated heterocycles. The third-order valence-corrected chi connectivity index (χ3v) is 5.05. The lowest BCUT2D eigenvalue weighted by Gasteiger charge is -2.34. The SMILES string of the molecule is O=C(/C=C/c1cccc2cccnc12)OCC(=O)N1CCN(C(=O)c2ccco2)CC1. The van der Waals surface area contributed by atoms with Crippen molar-refractivity contribution in [2.24, 2.45) is 0 Å². The number of para-hydroxylation sites is 1. The van der Waals surface area contributed by atoms with Gasteiger partial charge in [-0.25, -0.2) is 4.79 Å². The number of furan rings is 1. The molecule has 31 heavy (non-hydrogen) atoms. The lowest BCUT2D eigenvalue weighted by molar-refractivity contribution is -0.148. The monoisotopic (exact) mass is 419 g/mol. The average molecular weight is 419 g/mol. The second-order valence-electron chi connectivity index (χ2n) is 7.01. The van der Waals surface area contributed by atoms with Gasteiger partial charge < -0.3 is 19.0 Å². The molecule has 2 amide bonds. The predicted octanol–water partition coefficient (Wildman–Crippen LogP) is 2.37. The number of pyridine rings is 1. The van der Waals surface area contributed by atoms with Gasteiger partial charge in [0.25, 0.3) is 11.8 Å². The van der Waals surface area contributed by atoms with Crippen LogP contribution in [0.5, 0.6) is 0 Å². The van der Waals surface area contributed by atoms with Crippen LogP contribution in [-0.2, 0) is 14.3 Å². The molecule has 0 radical (unpaired) electrons. The highest BCUT2D eigenvalue weighted by Crippen LogP contribution is 2.17. The van der Waals surface area contributed by atoms with Gasteiger partial charge in [-0.1, -0.05) is 24.3 Å². The Labute approximate surface area is 178 Å². The summed E-state index contributed by atoms with van der Waals surface area (Å²) in [5.74, 6) is -0.815. The second kappa shape index (κ2) is 9.25. The van der Waals surface area contributed by atoms with Gasteiger partial charge in [0.15, 0.2) is 12.4 Å². The van der Waals surface area contributed by atoms with Crippen LogP contribution < -0.4 is 0 Å². The molecule has 1 aromatic carbocycles. The van der Waals surface area contributed by atoms with Crippen LogP contribution in [0.3, 0.4) is 0 Å². The molecule has 8 nitrogen and oxygen atoms in total. The van der Waals surface area contributed by atoms with Crippen LogP contribution in [0.25, 0.3) is 17.0 Å². The third kappa shape index (κ3) is 4.80. The maximum atomic E-state index is 12.3. The molecule has 1 aliphatic heterocycles. The van der Waals surface area contributed by atoms with Crippen molar-refractivity contribution in [1.29, 1.82) is 0 Å². The van der Waals surface area contributed by atoms with Gasteiger partial charge in [-0.15, -0.1) is 0 Å². The van der Waals surface area contributed by atoms with Gasteiger partial charge in [0.05, 0.1) is 11.8 Å². The van der Waals surface area contributed by atoms with Crippen LogP contribution in [0.2, 0.25) is 0 Å². The first-order valence-electron chi connectivity index (χ1n) is 9.91. The zero-order valence-corrected chi connectivity index (χ0v) is 16.8. The summed E-state index contributed by atoms with van der Waals surface area (Å²) in [5, 5.41) is 0.970. The van der Waals surface area contributed by atoms with E-state index >= 15 is 0 Å². The zero-order valence-electron chi connectivity index (χ0n) is 16.8. The van der Waals surface area contributed by atoms with Gasteiger partial charge >= 0.3 is 5.97 Å². The largest absolute Gasteiger partial charge is 0.459 e. The molecular weight excluding hydrogens is 398 g/mol. The minimum Gasteiger partial charge on any atom is -0.459 e. The quantitative estimate of drug-likeness (QED) is 0.466. The van der Waals surface area contributed by atoms with Crippen molar-refractivity contribution in [1.82, 2.24) is 14.8 Å². The number of ether oxygens (including phenoxy) is 1. The van der Waals surface area contributed by atoms with Crippen LogP contribution >= 0.6 is 0 Å². The maximum absolute atomic E-state index is 12.3. The summed E-state index contributed by atoms with van der Waals surface area (Å²) in [5.41, 5.74) is 1.57. The van der Waals surface area contributed by atoms with Gasteiger partial charge in [-0.05, 0) is 24.3 Å². The molecule has 3 heterocycles. The number of amides is 2. The van der Waals surface area contributed by atoms with Crippen molar-refractivity contribution in [3.8, 4) is 0 Å². The Bertz CT molecular complexity index is 1110. The molecule has 0 saturated carbocycles. The number of nitrogens with zero attached hydrogens (tertiary/aromatic N) is 3. The predicted molar refractivity (Wildman–Crippen MR) is 113 cm³/mol. The number of rotatable bonds is 5. The number of benzene rings is 1. The van der Waals surface area contributed by atoms with E-state index in [1.54, 1.807) is 34.2 Å². The van der Waals surface area contributed by atoms with Crippen molar-refractivity contribution in [3.05, 3.63) is 72.3 Å². The van der Waals surface area contributed by atoms with E-state index in [-0.39, 0.29) is 24.2 Å². The van der Waals surface area contributed by atoms with Crippen LogP contribution in [0.15, 0.2) is 65.4 Å². The van der Waals surface area contributed by atoms with E-state index in [0.717, 1.165) is 16.5 Å². The topological polar surface area (TPSA) is 93.0 Å². The smallest absolute Gasteiger partial charge is 0.331 e. The minimum atomic E-state index is -0.604. The van der Waals surface area contributed by atoms with Gasteiger partial charge in [-0.3, -0.25) is 14.6 Å². The van der Waals surface area contributed by atoms with Crippen molar-refractivity contribution in [2.45, 2.75) is 0 Å². The van der Waals surface area contributed by atoms with E-state index in [1.807, 2.05) is 30.3 Å². The summed E-state index contributed by atoms with van der Waals surface area (Å²) in [7, 11) is 0. The van der Waals surface area contributed by atoms with Crippen molar-refractivity contribution >= 4 is 34.8 Å². The average Bonchev–Trinajstić information content (AvgIpc) is 3.36.